The SMILES string of the molecule is Cc1nc(C)c2occc2c1CO. The van der Waals surface area contributed by atoms with Gasteiger partial charge in [-0.1, -0.05) is 0 Å². The number of hydrogen-bond acceptors (Lipinski definition) is 3. The van der Waals surface area contributed by atoms with Gasteiger partial charge < -0.3 is 9.52 Å². The number of aryl methyl sites for hydroxylation is 2. The molecule has 0 aliphatic carbocycles. The first-order chi connectivity index (χ1) is 6.24. The van der Waals surface area contributed by atoms with Crippen LogP contribution in [0.2, 0.25) is 0 Å². The van der Waals surface area contributed by atoms with Gasteiger partial charge in [-0.2, -0.15) is 0 Å². The third-order valence-corrected chi connectivity index (χ3v) is 2.25. The predicted octanol–water partition coefficient (Wildman–Crippen LogP) is 1.94. The number of aliphatic hydroxyl groups is 1. The van der Waals surface area contributed by atoms with Crippen LogP contribution in [-0.4, -0.2) is 10.1 Å². The van der Waals surface area contributed by atoms with Gasteiger partial charge in [-0.05, 0) is 19.9 Å². The lowest BCUT2D eigenvalue weighted by Crippen LogP contribution is -1.95. The molecule has 0 saturated carbocycles. The number of aromatic nitrogens is 1. The van der Waals surface area contributed by atoms with Crippen LogP contribution in [0.5, 0.6) is 0 Å². The van der Waals surface area contributed by atoms with E-state index in [1.54, 1.807) is 6.26 Å². The van der Waals surface area contributed by atoms with Crippen molar-refractivity contribution in [3.8, 4) is 0 Å². The number of hydrogen-bond donors (Lipinski definition) is 1. The molecule has 1 N–H and O–H groups in total. The van der Waals surface area contributed by atoms with Gasteiger partial charge in [-0.15, -0.1) is 0 Å². The minimum atomic E-state index is 0.00907. The van der Waals surface area contributed by atoms with Crippen LogP contribution in [0.4, 0.5) is 0 Å². The smallest absolute Gasteiger partial charge is 0.155 e. The minimum Gasteiger partial charge on any atom is -0.462 e. The van der Waals surface area contributed by atoms with Gasteiger partial charge in [-0.3, -0.25) is 4.98 Å². The van der Waals surface area contributed by atoms with E-state index in [9.17, 15) is 0 Å². The van der Waals surface area contributed by atoms with Crippen LogP contribution in [0.25, 0.3) is 11.0 Å². The fraction of sp³-hybridized carbons (Fsp3) is 0.300. The maximum atomic E-state index is 9.14. The molecule has 0 aromatic carbocycles. The largest absolute Gasteiger partial charge is 0.462 e. The first-order valence-electron chi connectivity index (χ1n) is 4.18. The second kappa shape index (κ2) is 2.85. The molecule has 0 aliphatic heterocycles. The van der Waals surface area contributed by atoms with Crippen molar-refractivity contribution in [3.63, 3.8) is 0 Å². The minimum absolute atomic E-state index is 0.00907. The van der Waals surface area contributed by atoms with Crippen molar-refractivity contribution in [2.24, 2.45) is 0 Å². The fourth-order valence-corrected chi connectivity index (χ4v) is 1.59. The third-order valence-electron chi connectivity index (χ3n) is 2.25. The lowest BCUT2D eigenvalue weighted by atomic mass is 10.1. The molecule has 0 unspecified atom stereocenters. The van der Waals surface area contributed by atoms with Crippen LogP contribution >= 0.6 is 0 Å². The van der Waals surface area contributed by atoms with E-state index in [-0.39, 0.29) is 6.61 Å². The maximum Gasteiger partial charge on any atom is 0.155 e. The summed E-state index contributed by atoms with van der Waals surface area (Å²) < 4.78 is 5.27. The van der Waals surface area contributed by atoms with Crippen LogP contribution in [0.3, 0.4) is 0 Å². The second-order valence-electron chi connectivity index (χ2n) is 3.08. The summed E-state index contributed by atoms with van der Waals surface area (Å²) in [6.45, 7) is 3.81. The van der Waals surface area contributed by atoms with Gasteiger partial charge in [0, 0.05) is 16.6 Å². The molecule has 2 aromatic rings. The number of fused-ring (bicyclic) bond motifs is 1. The van der Waals surface area contributed by atoms with Gasteiger partial charge >= 0.3 is 0 Å². The van der Waals surface area contributed by atoms with E-state index in [1.807, 2.05) is 19.9 Å². The van der Waals surface area contributed by atoms with E-state index < -0.39 is 0 Å². The molecular weight excluding hydrogens is 166 g/mol. The van der Waals surface area contributed by atoms with Gasteiger partial charge in [0.1, 0.15) is 0 Å². The number of nitrogens with zero attached hydrogens (tertiary/aromatic N) is 1. The zero-order valence-electron chi connectivity index (χ0n) is 7.66. The lowest BCUT2D eigenvalue weighted by Gasteiger charge is -2.04. The zero-order chi connectivity index (χ0) is 9.42. The Morgan fingerprint density at radius 1 is 1.38 bits per heavy atom. The molecule has 0 fully saturated rings. The lowest BCUT2D eigenvalue weighted by molar-refractivity contribution is 0.282. The van der Waals surface area contributed by atoms with Gasteiger partial charge in [0.05, 0.1) is 18.6 Å². The Labute approximate surface area is 76.0 Å². The highest BCUT2D eigenvalue weighted by Crippen LogP contribution is 2.24. The average Bonchev–Trinajstić information content (AvgIpc) is 2.53. The summed E-state index contributed by atoms with van der Waals surface area (Å²) in [5, 5.41) is 10.1. The normalized spacial score (nSPS) is 11.0. The number of pyridine rings is 1. The van der Waals surface area contributed by atoms with Crippen molar-refractivity contribution in [1.29, 1.82) is 0 Å². The predicted molar refractivity (Wildman–Crippen MR) is 49.4 cm³/mol. The van der Waals surface area contributed by atoms with E-state index in [0.717, 1.165) is 27.9 Å². The maximum absolute atomic E-state index is 9.14. The summed E-state index contributed by atoms with van der Waals surface area (Å²) in [5.74, 6) is 0. The Bertz CT molecular complexity index is 445. The Kier molecular flexibility index (Phi) is 1.81. The Morgan fingerprint density at radius 3 is 2.85 bits per heavy atom. The van der Waals surface area contributed by atoms with Gasteiger partial charge in [0.2, 0.25) is 0 Å². The first kappa shape index (κ1) is 8.26. The van der Waals surface area contributed by atoms with Gasteiger partial charge in [0.25, 0.3) is 0 Å². The zero-order valence-corrected chi connectivity index (χ0v) is 7.66. The second-order valence-corrected chi connectivity index (χ2v) is 3.08. The molecular formula is C10H11NO2. The van der Waals surface area contributed by atoms with Crippen molar-refractivity contribution in [3.05, 3.63) is 29.3 Å². The Morgan fingerprint density at radius 2 is 2.15 bits per heavy atom. The summed E-state index contributed by atoms with van der Waals surface area (Å²) in [6, 6.07) is 1.86. The van der Waals surface area contributed by atoms with Crippen LogP contribution in [0, 0.1) is 13.8 Å². The highest BCUT2D eigenvalue weighted by atomic mass is 16.3. The number of furan rings is 1. The van der Waals surface area contributed by atoms with Crippen LogP contribution in [0.15, 0.2) is 16.7 Å². The van der Waals surface area contributed by atoms with E-state index in [2.05, 4.69) is 4.98 Å². The topological polar surface area (TPSA) is 46.3 Å². The highest BCUT2D eigenvalue weighted by Gasteiger charge is 2.09. The molecule has 2 aromatic heterocycles. The Balaban J connectivity index is 2.88. The molecule has 0 spiro atoms. The molecule has 0 saturated heterocycles. The summed E-state index contributed by atoms with van der Waals surface area (Å²) in [4.78, 5) is 4.29. The van der Waals surface area contributed by atoms with Crippen molar-refractivity contribution < 1.29 is 9.52 Å². The van der Waals surface area contributed by atoms with Crippen LogP contribution in [0.1, 0.15) is 17.0 Å². The monoisotopic (exact) mass is 177 g/mol. The van der Waals surface area contributed by atoms with E-state index in [0.29, 0.717) is 0 Å². The van der Waals surface area contributed by atoms with Crippen LogP contribution in [-0.2, 0) is 6.61 Å². The number of aliphatic hydroxyl groups excluding tert-OH is 1. The van der Waals surface area contributed by atoms with Gasteiger partial charge in [0.15, 0.2) is 5.58 Å². The van der Waals surface area contributed by atoms with E-state index in [1.165, 1.54) is 0 Å². The third kappa shape index (κ3) is 1.12. The highest BCUT2D eigenvalue weighted by molar-refractivity contribution is 5.83. The molecule has 0 atom stereocenters. The molecule has 68 valence electrons. The van der Waals surface area contributed by atoms with Crippen molar-refractivity contribution in [2.75, 3.05) is 0 Å². The quantitative estimate of drug-likeness (QED) is 0.724. The average molecular weight is 177 g/mol. The molecule has 0 aliphatic rings. The molecule has 0 amide bonds. The molecule has 2 heterocycles. The van der Waals surface area contributed by atoms with Crippen molar-refractivity contribution in [1.82, 2.24) is 4.98 Å². The standard InChI is InChI=1S/C10H11NO2/c1-6-9(5-12)8-3-4-13-10(8)7(2)11-6/h3-4,12H,5H2,1-2H3. The molecule has 0 radical (unpaired) electrons. The van der Waals surface area contributed by atoms with E-state index >= 15 is 0 Å². The summed E-state index contributed by atoms with van der Waals surface area (Å²) in [5.41, 5.74) is 3.37. The van der Waals surface area contributed by atoms with E-state index in [4.69, 9.17) is 9.52 Å². The molecule has 3 nitrogen and oxygen atoms in total. The summed E-state index contributed by atoms with van der Waals surface area (Å²) in [6.07, 6.45) is 1.62. The Hall–Kier alpha value is -1.35. The summed E-state index contributed by atoms with van der Waals surface area (Å²) in [7, 11) is 0. The molecule has 13 heavy (non-hydrogen) atoms. The fourth-order valence-electron chi connectivity index (χ4n) is 1.59. The number of rotatable bonds is 1. The molecule has 2 rings (SSSR count). The van der Waals surface area contributed by atoms with Crippen LogP contribution < -0.4 is 0 Å². The first-order valence-corrected chi connectivity index (χ1v) is 4.18. The summed E-state index contributed by atoms with van der Waals surface area (Å²) >= 11 is 0. The van der Waals surface area contributed by atoms with Gasteiger partial charge in [-0.25, -0.2) is 0 Å². The van der Waals surface area contributed by atoms with Crippen molar-refractivity contribution >= 4 is 11.0 Å². The van der Waals surface area contributed by atoms with Crippen molar-refractivity contribution in [2.45, 2.75) is 20.5 Å². The molecule has 0 bridgehead atoms. The molecule has 3 heteroatoms.